The van der Waals surface area contributed by atoms with E-state index in [1.54, 1.807) is 0 Å². The molecule has 0 spiro atoms. The molecule has 1 aromatic carbocycles. The monoisotopic (exact) mass is 184 g/mol. The highest BCUT2D eigenvalue weighted by Gasteiger charge is 2.04. The maximum absolute atomic E-state index is 8.66. The van der Waals surface area contributed by atoms with Crippen LogP contribution in [0.15, 0.2) is 30.3 Å². The minimum Gasteiger partial charge on any atom is -0.312 e. The second-order valence-electron chi connectivity index (χ2n) is 3.38. The lowest BCUT2D eigenvalue weighted by Crippen LogP contribution is -2.21. The summed E-state index contributed by atoms with van der Waals surface area (Å²) in [5.41, 5.74) is 3.27. The van der Waals surface area contributed by atoms with E-state index in [1.165, 1.54) is 11.1 Å². The van der Waals surface area contributed by atoms with Crippen molar-refractivity contribution in [2.75, 3.05) is 13.1 Å². The van der Waals surface area contributed by atoms with Gasteiger partial charge in [0.1, 0.15) is 0 Å². The zero-order valence-corrected chi connectivity index (χ0v) is 7.96. The Morgan fingerprint density at radius 1 is 1.21 bits per heavy atom. The molecule has 0 atom stereocenters. The van der Waals surface area contributed by atoms with Crippen molar-refractivity contribution >= 4 is 5.57 Å². The largest absolute Gasteiger partial charge is 0.312 e. The summed E-state index contributed by atoms with van der Waals surface area (Å²) in [7, 11) is 0. The molecule has 0 fully saturated rings. The van der Waals surface area contributed by atoms with E-state index in [9.17, 15) is 0 Å². The first-order valence-corrected chi connectivity index (χ1v) is 4.80. The van der Waals surface area contributed by atoms with Gasteiger partial charge >= 0.3 is 0 Å². The van der Waals surface area contributed by atoms with Gasteiger partial charge in [0.05, 0.1) is 11.6 Å². The number of hydrogen-bond acceptors (Lipinski definition) is 2. The summed E-state index contributed by atoms with van der Waals surface area (Å²) in [6.07, 6.45) is 3.35. The highest BCUT2D eigenvalue weighted by molar-refractivity contribution is 5.68. The number of nitrogens with zero attached hydrogens (tertiary/aromatic N) is 1. The van der Waals surface area contributed by atoms with Gasteiger partial charge in [0.25, 0.3) is 0 Å². The summed E-state index contributed by atoms with van der Waals surface area (Å²) >= 11 is 0. The Labute approximate surface area is 83.9 Å². The van der Waals surface area contributed by atoms with Crippen molar-refractivity contribution in [3.63, 3.8) is 0 Å². The van der Waals surface area contributed by atoms with Crippen LogP contribution < -0.4 is 5.32 Å². The van der Waals surface area contributed by atoms with Crippen molar-refractivity contribution in [3.05, 3.63) is 41.5 Å². The number of rotatable bonds is 1. The SMILES string of the molecule is N#Cc1ccc(C2=CCCNC2)cc1. The number of benzene rings is 1. The highest BCUT2D eigenvalue weighted by atomic mass is 14.9. The van der Waals surface area contributed by atoms with Crippen LogP contribution in [0.1, 0.15) is 17.5 Å². The number of nitrogens with one attached hydrogen (secondary N) is 1. The molecule has 0 aromatic heterocycles. The van der Waals surface area contributed by atoms with Gasteiger partial charge in [-0.1, -0.05) is 18.2 Å². The first-order valence-electron chi connectivity index (χ1n) is 4.80. The van der Waals surface area contributed by atoms with Crippen LogP contribution in [0.25, 0.3) is 5.57 Å². The van der Waals surface area contributed by atoms with Crippen molar-refractivity contribution in [2.24, 2.45) is 0 Å². The molecule has 0 unspecified atom stereocenters. The van der Waals surface area contributed by atoms with Crippen molar-refractivity contribution in [3.8, 4) is 6.07 Å². The molecule has 0 bridgehead atoms. The van der Waals surface area contributed by atoms with Gasteiger partial charge in [-0.2, -0.15) is 5.26 Å². The number of hydrogen-bond donors (Lipinski definition) is 1. The van der Waals surface area contributed by atoms with E-state index in [2.05, 4.69) is 17.5 Å². The maximum atomic E-state index is 8.66. The number of nitriles is 1. The van der Waals surface area contributed by atoms with Crippen molar-refractivity contribution in [2.45, 2.75) is 6.42 Å². The molecule has 0 aliphatic carbocycles. The third kappa shape index (κ3) is 1.84. The molecule has 14 heavy (non-hydrogen) atoms. The average molecular weight is 184 g/mol. The molecule has 0 saturated heterocycles. The van der Waals surface area contributed by atoms with Crippen LogP contribution in [-0.2, 0) is 0 Å². The lowest BCUT2D eigenvalue weighted by molar-refractivity contribution is 0.739. The smallest absolute Gasteiger partial charge is 0.0991 e. The van der Waals surface area contributed by atoms with Crippen molar-refractivity contribution in [1.29, 1.82) is 5.26 Å². The fourth-order valence-electron chi connectivity index (χ4n) is 1.62. The quantitative estimate of drug-likeness (QED) is 0.724. The van der Waals surface area contributed by atoms with Crippen LogP contribution in [0.2, 0.25) is 0 Å². The Morgan fingerprint density at radius 3 is 2.57 bits per heavy atom. The second-order valence-corrected chi connectivity index (χ2v) is 3.38. The minimum absolute atomic E-state index is 0.720. The van der Waals surface area contributed by atoms with Crippen LogP contribution >= 0.6 is 0 Å². The van der Waals surface area contributed by atoms with E-state index < -0.39 is 0 Å². The summed E-state index contributed by atoms with van der Waals surface area (Å²) in [5, 5.41) is 12.0. The van der Waals surface area contributed by atoms with Gasteiger partial charge in [0.2, 0.25) is 0 Å². The van der Waals surface area contributed by atoms with E-state index in [4.69, 9.17) is 5.26 Å². The lowest BCUT2D eigenvalue weighted by atomic mass is 10.0. The van der Waals surface area contributed by atoms with Crippen LogP contribution in [-0.4, -0.2) is 13.1 Å². The molecular formula is C12H12N2. The van der Waals surface area contributed by atoms with Crippen molar-refractivity contribution in [1.82, 2.24) is 5.32 Å². The fraction of sp³-hybridized carbons (Fsp3) is 0.250. The predicted octanol–water partition coefficient (Wildman–Crippen LogP) is 1.93. The molecule has 2 rings (SSSR count). The summed E-state index contributed by atoms with van der Waals surface area (Å²) < 4.78 is 0. The van der Waals surface area contributed by atoms with Crippen LogP contribution in [0.3, 0.4) is 0 Å². The Morgan fingerprint density at radius 2 is 2.00 bits per heavy atom. The van der Waals surface area contributed by atoms with Gasteiger partial charge in [-0.05, 0) is 36.2 Å². The molecule has 1 aliphatic rings. The highest BCUT2D eigenvalue weighted by Crippen LogP contribution is 2.16. The first-order chi connectivity index (χ1) is 6.90. The summed E-state index contributed by atoms with van der Waals surface area (Å²) in [6.45, 7) is 2.01. The van der Waals surface area contributed by atoms with E-state index in [0.29, 0.717) is 0 Å². The third-order valence-electron chi connectivity index (χ3n) is 2.41. The van der Waals surface area contributed by atoms with Gasteiger partial charge in [-0.3, -0.25) is 0 Å². The zero-order chi connectivity index (χ0) is 9.80. The van der Waals surface area contributed by atoms with Gasteiger partial charge in [-0.15, -0.1) is 0 Å². The van der Waals surface area contributed by atoms with E-state index >= 15 is 0 Å². The van der Waals surface area contributed by atoms with Gasteiger partial charge in [-0.25, -0.2) is 0 Å². The molecule has 2 heteroatoms. The van der Waals surface area contributed by atoms with E-state index in [1.807, 2.05) is 24.3 Å². The van der Waals surface area contributed by atoms with Gasteiger partial charge in [0, 0.05) is 6.54 Å². The molecule has 0 saturated carbocycles. The van der Waals surface area contributed by atoms with Crippen LogP contribution in [0.5, 0.6) is 0 Å². The Hall–Kier alpha value is -1.59. The summed E-state index contributed by atoms with van der Waals surface area (Å²) in [4.78, 5) is 0. The first kappa shape index (κ1) is 8.98. The standard InChI is InChI=1S/C12H12N2/c13-8-10-3-5-11(6-4-10)12-2-1-7-14-9-12/h2-6,14H,1,7,9H2. The lowest BCUT2D eigenvalue weighted by Gasteiger charge is -2.14. The molecule has 0 amide bonds. The molecule has 1 aliphatic heterocycles. The minimum atomic E-state index is 0.720. The van der Waals surface area contributed by atoms with Gasteiger partial charge in [0.15, 0.2) is 0 Å². The topological polar surface area (TPSA) is 35.8 Å². The van der Waals surface area contributed by atoms with Crippen LogP contribution in [0.4, 0.5) is 0 Å². The molecule has 2 nitrogen and oxygen atoms in total. The van der Waals surface area contributed by atoms with Gasteiger partial charge < -0.3 is 5.32 Å². The molecule has 0 radical (unpaired) electrons. The van der Waals surface area contributed by atoms with Crippen LogP contribution in [0, 0.1) is 11.3 Å². The molecule has 1 N–H and O–H groups in total. The van der Waals surface area contributed by atoms with E-state index in [0.717, 1.165) is 25.1 Å². The van der Waals surface area contributed by atoms with Crippen molar-refractivity contribution < 1.29 is 0 Å². The third-order valence-corrected chi connectivity index (χ3v) is 2.41. The Bertz CT molecular complexity index is 382. The fourth-order valence-corrected chi connectivity index (χ4v) is 1.62. The zero-order valence-electron chi connectivity index (χ0n) is 7.96. The summed E-state index contributed by atoms with van der Waals surface area (Å²) in [6, 6.07) is 9.88. The average Bonchev–Trinajstić information content (AvgIpc) is 2.30. The van der Waals surface area contributed by atoms with E-state index in [-0.39, 0.29) is 0 Å². The Balaban J connectivity index is 2.25. The molecule has 70 valence electrons. The molecular weight excluding hydrogens is 172 g/mol. The Kier molecular flexibility index (Phi) is 2.62. The predicted molar refractivity (Wildman–Crippen MR) is 56.6 cm³/mol. The molecule has 1 aromatic rings. The normalized spacial score (nSPS) is 15.8. The molecule has 1 heterocycles. The second kappa shape index (κ2) is 4.08. The summed E-state index contributed by atoms with van der Waals surface area (Å²) in [5.74, 6) is 0. The maximum Gasteiger partial charge on any atom is 0.0991 e.